The van der Waals surface area contributed by atoms with Crippen molar-refractivity contribution in [1.82, 2.24) is 0 Å². The normalized spacial score (nSPS) is 18.7. The highest BCUT2D eigenvalue weighted by Crippen LogP contribution is 2.47. The third-order valence-corrected chi connectivity index (χ3v) is 7.60. The highest BCUT2D eigenvalue weighted by atomic mass is 32.2. The van der Waals surface area contributed by atoms with Gasteiger partial charge >= 0.3 is 0 Å². The molecule has 2 heterocycles. The Morgan fingerprint density at radius 2 is 1.37 bits per heavy atom. The topological polar surface area (TPSA) is 53.0 Å². The van der Waals surface area contributed by atoms with Crippen molar-refractivity contribution in [1.29, 1.82) is 0 Å². The van der Waals surface area contributed by atoms with Crippen molar-refractivity contribution in [3.05, 3.63) is 93.4 Å². The van der Waals surface area contributed by atoms with Gasteiger partial charge in [0.05, 0.1) is 27.5 Å². The van der Waals surface area contributed by atoms with Crippen molar-refractivity contribution in [2.75, 3.05) is 16.3 Å². The number of anilines is 2. The molecule has 2 amide bonds. The van der Waals surface area contributed by atoms with Crippen LogP contribution in [0.5, 0.6) is 0 Å². The van der Waals surface area contributed by atoms with Crippen LogP contribution >= 0.6 is 11.8 Å². The van der Waals surface area contributed by atoms with E-state index in [4.69, 9.17) is 4.99 Å². The fourth-order valence-corrected chi connectivity index (χ4v) is 5.91. The molecule has 0 bridgehead atoms. The molecule has 176 valence electrons. The summed E-state index contributed by atoms with van der Waals surface area (Å²) in [7, 11) is 0. The standard InChI is InChI=1S/C29H27N3O2S/c1-6-31-22-16-8-7-15-21(22)23(27(31)33)26-28(34)32(25-19(4)13-10-14-20(25)5)29(35-26)30-24-17(2)11-9-12-18(24)3/h7-16H,6H2,1-5H3/b26-23+,30-29?. The predicted octanol–water partition coefficient (Wildman–Crippen LogP) is 6.47. The molecule has 2 aliphatic rings. The van der Waals surface area contributed by atoms with Gasteiger partial charge in [-0.15, -0.1) is 0 Å². The van der Waals surface area contributed by atoms with E-state index in [0.717, 1.165) is 44.9 Å². The maximum Gasteiger partial charge on any atom is 0.272 e. The van der Waals surface area contributed by atoms with E-state index in [0.29, 0.717) is 22.2 Å². The summed E-state index contributed by atoms with van der Waals surface area (Å²) in [5.74, 6) is -0.354. The number of hydrogen-bond donors (Lipinski definition) is 0. The molecule has 0 aromatic heterocycles. The number of para-hydroxylation sites is 3. The molecular weight excluding hydrogens is 454 g/mol. The molecule has 2 aliphatic heterocycles. The van der Waals surface area contributed by atoms with Gasteiger partial charge in [-0.25, -0.2) is 4.99 Å². The lowest BCUT2D eigenvalue weighted by Gasteiger charge is -2.21. The Kier molecular flexibility index (Phi) is 5.85. The molecule has 6 heteroatoms. The predicted molar refractivity (Wildman–Crippen MR) is 145 cm³/mol. The van der Waals surface area contributed by atoms with Crippen LogP contribution in [0.4, 0.5) is 17.1 Å². The Balaban J connectivity index is 1.77. The maximum atomic E-state index is 14.1. The van der Waals surface area contributed by atoms with Gasteiger partial charge in [-0.3, -0.25) is 14.5 Å². The summed E-state index contributed by atoms with van der Waals surface area (Å²) in [6.45, 7) is 10.5. The first-order valence-corrected chi connectivity index (χ1v) is 12.5. The molecule has 0 spiro atoms. The smallest absolute Gasteiger partial charge is 0.272 e. The molecule has 1 fully saturated rings. The Morgan fingerprint density at radius 3 is 2.00 bits per heavy atom. The van der Waals surface area contributed by atoms with Gasteiger partial charge in [0.15, 0.2) is 5.17 Å². The molecule has 0 unspecified atom stereocenters. The summed E-state index contributed by atoms with van der Waals surface area (Å²) in [6, 6.07) is 19.7. The summed E-state index contributed by atoms with van der Waals surface area (Å²) in [4.78, 5) is 36.5. The van der Waals surface area contributed by atoms with Crippen molar-refractivity contribution < 1.29 is 9.59 Å². The van der Waals surface area contributed by atoms with E-state index in [-0.39, 0.29) is 11.8 Å². The molecule has 5 nitrogen and oxygen atoms in total. The van der Waals surface area contributed by atoms with Crippen LogP contribution in [0.2, 0.25) is 0 Å². The zero-order chi connectivity index (χ0) is 24.9. The number of fused-ring (bicyclic) bond motifs is 1. The van der Waals surface area contributed by atoms with Gasteiger partial charge in [0.25, 0.3) is 11.8 Å². The number of amides is 2. The largest absolute Gasteiger partial charge is 0.308 e. The molecule has 3 aromatic rings. The highest BCUT2D eigenvalue weighted by molar-refractivity contribution is 8.19. The third-order valence-electron chi connectivity index (χ3n) is 6.56. The molecule has 5 rings (SSSR count). The van der Waals surface area contributed by atoms with E-state index in [9.17, 15) is 9.59 Å². The Bertz CT molecular complexity index is 1410. The number of carbonyl (C=O) groups excluding carboxylic acids is 2. The first kappa shape index (κ1) is 23.1. The summed E-state index contributed by atoms with van der Waals surface area (Å²) >= 11 is 1.29. The molecule has 0 radical (unpaired) electrons. The lowest BCUT2D eigenvalue weighted by Crippen LogP contribution is -2.31. The second-order valence-electron chi connectivity index (χ2n) is 8.89. The minimum Gasteiger partial charge on any atom is -0.308 e. The van der Waals surface area contributed by atoms with E-state index < -0.39 is 0 Å². The van der Waals surface area contributed by atoms with Crippen molar-refractivity contribution in [2.45, 2.75) is 34.6 Å². The zero-order valence-corrected chi connectivity index (χ0v) is 21.4. The van der Waals surface area contributed by atoms with Gasteiger partial charge < -0.3 is 4.90 Å². The van der Waals surface area contributed by atoms with E-state index in [1.807, 2.05) is 95.3 Å². The van der Waals surface area contributed by atoms with E-state index in [1.54, 1.807) is 9.80 Å². The minimum absolute atomic E-state index is 0.140. The van der Waals surface area contributed by atoms with Crippen LogP contribution in [0.15, 0.2) is 70.6 Å². The molecular formula is C29H27N3O2S. The first-order chi connectivity index (χ1) is 16.8. The van der Waals surface area contributed by atoms with Crippen LogP contribution in [0.1, 0.15) is 34.7 Å². The van der Waals surface area contributed by atoms with E-state index in [1.165, 1.54) is 11.8 Å². The van der Waals surface area contributed by atoms with Crippen molar-refractivity contribution >= 4 is 51.4 Å². The van der Waals surface area contributed by atoms with Crippen molar-refractivity contribution in [2.24, 2.45) is 4.99 Å². The van der Waals surface area contributed by atoms with Gasteiger partial charge in [0.1, 0.15) is 0 Å². The first-order valence-electron chi connectivity index (χ1n) is 11.7. The fraction of sp³-hybridized carbons (Fsp3) is 0.207. The zero-order valence-electron chi connectivity index (χ0n) is 20.5. The van der Waals surface area contributed by atoms with Gasteiger partial charge in [-0.2, -0.15) is 0 Å². The number of aliphatic imine (C=N–C) groups is 1. The lowest BCUT2D eigenvalue weighted by atomic mass is 10.1. The molecule has 0 atom stereocenters. The monoisotopic (exact) mass is 481 g/mol. The van der Waals surface area contributed by atoms with E-state index >= 15 is 0 Å². The Morgan fingerprint density at radius 1 is 0.771 bits per heavy atom. The molecule has 3 aromatic carbocycles. The van der Waals surface area contributed by atoms with Crippen LogP contribution in [0.3, 0.4) is 0 Å². The minimum atomic E-state index is -0.214. The Labute approximate surface area is 210 Å². The maximum absolute atomic E-state index is 14.1. The second-order valence-corrected chi connectivity index (χ2v) is 9.87. The second kappa shape index (κ2) is 8.86. The highest BCUT2D eigenvalue weighted by Gasteiger charge is 2.43. The van der Waals surface area contributed by atoms with Gasteiger partial charge in [0.2, 0.25) is 0 Å². The quantitative estimate of drug-likeness (QED) is 0.403. The summed E-state index contributed by atoms with van der Waals surface area (Å²) in [5.41, 5.74) is 7.79. The summed E-state index contributed by atoms with van der Waals surface area (Å²) < 4.78 is 0. The molecule has 0 N–H and O–H groups in total. The molecule has 0 saturated carbocycles. The van der Waals surface area contributed by atoms with Crippen LogP contribution < -0.4 is 9.80 Å². The molecule has 35 heavy (non-hydrogen) atoms. The average molecular weight is 482 g/mol. The van der Waals surface area contributed by atoms with Crippen LogP contribution in [-0.2, 0) is 9.59 Å². The number of nitrogens with zero attached hydrogens (tertiary/aromatic N) is 3. The van der Waals surface area contributed by atoms with Gasteiger partial charge in [0, 0.05) is 12.1 Å². The number of amidine groups is 1. The van der Waals surface area contributed by atoms with Gasteiger partial charge in [-0.1, -0.05) is 54.6 Å². The summed E-state index contributed by atoms with van der Waals surface area (Å²) in [6.07, 6.45) is 0. The van der Waals surface area contributed by atoms with Crippen LogP contribution in [-0.4, -0.2) is 23.5 Å². The average Bonchev–Trinajstić information content (AvgIpc) is 3.29. The molecule has 1 saturated heterocycles. The molecule has 0 aliphatic carbocycles. The van der Waals surface area contributed by atoms with Gasteiger partial charge in [-0.05, 0) is 74.7 Å². The number of hydrogen-bond acceptors (Lipinski definition) is 4. The summed E-state index contributed by atoms with van der Waals surface area (Å²) in [5, 5.41) is 0.563. The fourth-order valence-electron chi connectivity index (χ4n) is 4.85. The van der Waals surface area contributed by atoms with Crippen LogP contribution in [0, 0.1) is 27.7 Å². The number of carbonyl (C=O) groups is 2. The number of likely N-dealkylation sites (N-methyl/N-ethyl adjacent to an activating group) is 1. The number of benzene rings is 3. The van der Waals surface area contributed by atoms with Crippen molar-refractivity contribution in [3.8, 4) is 0 Å². The lowest BCUT2D eigenvalue weighted by molar-refractivity contribution is -0.115. The number of thioether (sulfide) groups is 1. The number of rotatable bonds is 3. The SMILES string of the molecule is CCN1C(=O)/C(=C2/SC(=Nc3c(C)cccc3C)N(c3c(C)cccc3C)C2=O)c2ccccc21. The third kappa shape index (κ3) is 3.69. The Hall–Kier alpha value is -3.64. The number of aryl methyl sites for hydroxylation is 4. The van der Waals surface area contributed by atoms with E-state index in [2.05, 4.69) is 0 Å². The van der Waals surface area contributed by atoms with Crippen molar-refractivity contribution in [3.63, 3.8) is 0 Å². The van der Waals surface area contributed by atoms with Crippen LogP contribution in [0.25, 0.3) is 5.57 Å².